The van der Waals surface area contributed by atoms with Gasteiger partial charge in [-0.1, -0.05) is 12.1 Å². The molecule has 0 amide bonds. The number of anilines is 2. The summed E-state index contributed by atoms with van der Waals surface area (Å²) >= 11 is 1.23. The number of methoxy groups -OCH3 is 1. The molecule has 8 heteroatoms. The first-order chi connectivity index (χ1) is 13.1. The van der Waals surface area contributed by atoms with Crippen LogP contribution in [-0.2, 0) is 17.9 Å². The summed E-state index contributed by atoms with van der Waals surface area (Å²) in [5.41, 5.74) is 7.14. The molecule has 0 unspecified atom stereocenters. The summed E-state index contributed by atoms with van der Waals surface area (Å²) in [4.78, 5) is 5.33. The van der Waals surface area contributed by atoms with E-state index in [4.69, 9.17) is 9.02 Å². The van der Waals surface area contributed by atoms with Crippen LogP contribution < -0.4 is 20.2 Å². The molecule has 0 aliphatic rings. The second kappa shape index (κ2) is 8.79. The average molecular weight is 387 g/mol. The third-order valence-corrected chi connectivity index (χ3v) is 4.80. The molecule has 0 saturated heterocycles. The molecule has 0 bridgehead atoms. The Balaban J connectivity index is 1.49. The molecule has 2 aromatic heterocycles. The molecule has 27 heavy (non-hydrogen) atoms. The molecule has 3 aromatic rings. The number of ether oxygens (including phenoxy) is 1. The van der Waals surface area contributed by atoms with Crippen molar-refractivity contribution in [3.05, 3.63) is 59.5 Å². The van der Waals surface area contributed by atoms with Gasteiger partial charge < -0.3 is 10.1 Å². The van der Waals surface area contributed by atoms with Gasteiger partial charge in [-0.2, -0.15) is 9.38 Å². The molecular weight excluding hydrogens is 362 g/mol. The second-order valence-electron chi connectivity index (χ2n) is 6.11. The molecule has 3 N–H and O–H groups in total. The number of pyridine rings is 1. The van der Waals surface area contributed by atoms with Gasteiger partial charge in [0.1, 0.15) is 17.3 Å². The van der Waals surface area contributed by atoms with Gasteiger partial charge in [-0.25, -0.2) is 10.5 Å². The van der Waals surface area contributed by atoms with Crippen LogP contribution in [0.4, 0.5) is 11.5 Å². The van der Waals surface area contributed by atoms with Gasteiger partial charge in [0.15, 0.2) is 12.7 Å². The van der Waals surface area contributed by atoms with E-state index in [-0.39, 0.29) is 0 Å². The first-order valence-electron chi connectivity index (χ1n) is 8.54. The summed E-state index contributed by atoms with van der Waals surface area (Å²) in [5.74, 6) is 1.65. The highest BCUT2D eigenvalue weighted by Gasteiger charge is 2.15. The van der Waals surface area contributed by atoms with Crippen molar-refractivity contribution in [2.24, 2.45) is 7.05 Å². The summed E-state index contributed by atoms with van der Waals surface area (Å²) in [5, 5.41) is 6.50. The van der Waals surface area contributed by atoms with Crippen molar-refractivity contribution >= 4 is 23.5 Å². The van der Waals surface area contributed by atoms with E-state index in [1.807, 2.05) is 62.0 Å². The fourth-order valence-corrected chi connectivity index (χ4v) is 3.04. The third-order valence-electron chi connectivity index (χ3n) is 4.20. The molecule has 0 aliphatic heterocycles. The van der Waals surface area contributed by atoms with Gasteiger partial charge in [0.05, 0.1) is 24.0 Å². The maximum atomic E-state index is 5.53. The molecule has 1 aromatic carbocycles. The van der Waals surface area contributed by atoms with Crippen LogP contribution in [0.15, 0.2) is 47.5 Å². The Hall–Kier alpha value is -2.71. The van der Waals surface area contributed by atoms with E-state index in [0.717, 1.165) is 39.1 Å². The van der Waals surface area contributed by atoms with Gasteiger partial charge in [-0.3, -0.25) is 0 Å². The summed E-state index contributed by atoms with van der Waals surface area (Å²) in [6.07, 6.45) is 1.77. The van der Waals surface area contributed by atoms with Crippen LogP contribution >= 0.6 is 12.0 Å². The van der Waals surface area contributed by atoms with E-state index >= 15 is 0 Å². The highest BCUT2D eigenvalue weighted by atomic mass is 32.2. The first-order valence-corrected chi connectivity index (χ1v) is 9.28. The lowest BCUT2D eigenvalue weighted by molar-refractivity contribution is -0.732. The van der Waals surface area contributed by atoms with Crippen LogP contribution in [0.5, 0.6) is 5.75 Å². The number of aromatic nitrogens is 3. The van der Waals surface area contributed by atoms with Gasteiger partial charge in [0, 0.05) is 19.7 Å². The van der Waals surface area contributed by atoms with Crippen molar-refractivity contribution in [2.75, 3.05) is 17.9 Å². The number of hydrogen-bond donors (Lipinski definition) is 3. The minimum absolute atomic E-state index is 0.678. The van der Waals surface area contributed by atoms with E-state index in [1.165, 1.54) is 12.0 Å². The van der Waals surface area contributed by atoms with Crippen molar-refractivity contribution in [1.82, 2.24) is 10.1 Å². The minimum Gasteiger partial charge on any atom is -0.497 e. The number of aromatic amines is 1. The molecule has 0 saturated carbocycles. The molecular formula is C19H24N5O2S+. The Bertz CT molecular complexity index is 896. The normalized spacial score (nSPS) is 10.7. The fourth-order valence-electron chi connectivity index (χ4n) is 2.60. The Morgan fingerprint density at radius 3 is 2.74 bits per heavy atom. The van der Waals surface area contributed by atoms with Crippen molar-refractivity contribution in [2.45, 2.75) is 25.3 Å². The predicted molar refractivity (Wildman–Crippen MR) is 107 cm³/mol. The van der Waals surface area contributed by atoms with Crippen molar-refractivity contribution < 1.29 is 13.7 Å². The van der Waals surface area contributed by atoms with E-state index in [1.54, 1.807) is 13.3 Å². The van der Waals surface area contributed by atoms with E-state index < -0.39 is 0 Å². The monoisotopic (exact) mass is 386 g/mol. The molecule has 0 atom stereocenters. The van der Waals surface area contributed by atoms with E-state index in [2.05, 4.69) is 20.9 Å². The molecule has 7 nitrogen and oxygen atoms in total. The Labute approximate surface area is 163 Å². The molecule has 3 rings (SSSR count). The zero-order valence-electron chi connectivity index (χ0n) is 15.9. The number of H-pyrrole nitrogens is 1. The highest BCUT2D eigenvalue weighted by Crippen LogP contribution is 2.22. The minimum atomic E-state index is 0.678. The van der Waals surface area contributed by atoms with Crippen LogP contribution in [0.3, 0.4) is 0 Å². The summed E-state index contributed by atoms with van der Waals surface area (Å²) < 4.78 is 12.7. The quantitative estimate of drug-likeness (QED) is 0.312. The van der Waals surface area contributed by atoms with Gasteiger partial charge in [0.25, 0.3) is 0 Å². The summed E-state index contributed by atoms with van der Waals surface area (Å²) in [7, 11) is 3.63. The Morgan fingerprint density at radius 1 is 1.22 bits per heavy atom. The zero-order valence-corrected chi connectivity index (χ0v) is 16.7. The van der Waals surface area contributed by atoms with Gasteiger partial charge in [-0.05, 0) is 36.8 Å². The SMILES string of the molecule is COc1cccc(CNc2ccc(SONc3c(C)[nH][n+](C)c3C)cn2)c1. The maximum Gasteiger partial charge on any atom is 0.229 e. The van der Waals surface area contributed by atoms with Gasteiger partial charge >= 0.3 is 0 Å². The van der Waals surface area contributed by atoms with Crippen LogP contribution in [0.1, 0.15) is 17.0 Å². The lowest BCUT2D eigenvalue weighted by atomic mass is 10.2. The van der Waals surface area contributed by atoms with Crippen LogP contribution in [0.25, 0.3) is 0 Å². The highest BCUT2D eigenvalue weighted by molar-refractivity contribution is 7.94. The number of nitrogens with one attached hydrogen (secondary N) is 3. The number of rotatable bonds is 8. The Kier molecular flexibility index (Phi) is 6.20. The predicted octanol–water partition coefficient (Wildman–Crippen LogP) is 3.52. The standard InChI is InChI=1S/C19H23N5O2S/c1-13-19(14(2)24(3)22-13)23-26-27-17-8-9-18(21-12-17)20-11-15-6-5-7-16(10-15)25-4/h5-10,12,23H,11H2,1-4H3,(H,20,21)/p+1. The van der Waals surface area contributed by atoms with Gasteiger partial charge in [0.2, 0.25) is 5.69 Å². The fraction of sp³-hybridized carbons (Fsp3) is 0.263. The van der Waals surface area contributed by atoms with Gasteiger partial charge in [-0.15, -0.1) is 4.68 Å². The topological polar surface area (TPSA) is 75.1 Å². The van der Waals surface area contributed by atoms with Crippen LogP contribution in [0.2, 0.25) is 0 Å². The van der Waals surface area contributed by atoms with E-state index in [0.29, 0.717) is 6.54 Å². The summed E-state index contributed by atoms with van der Waals surface area (Å²) in [6, 6.07) is 11.8. The molecule has 0 spiro atoms. The van der Waals surface area contributed by atoms with E-state index in [9.17, 15) is 0 Å². The van der Waals surface area contributed by atoms with Crippen LogP contribution in [-0.4, -0.2) is 17.2 Å². The lowest BCUT2D eigenvalue weighted by Gasteiger charge is -2.08. The number of benzene rings is 1. The smallest absolute Gasteiger partial charge is 0.229 e. The van der Waals surface area contributed by atoms with Crippen LogP contribution in [0, 0.1) is 13.8 Å². The summed E-state index contributed by atoms with van der Waals surface area (Å²) in [6.45, 7) is 4.69. The molecule has 142 valence electrons. The maximum absolute atomic E-state index is 5.53. The lowest BCUT2D eigenvalue weighted by Crippen LogP contribution is -2.32. The van der Waals surface area contributed by atoms with Crippen molar-refractivity contribution in [3.63, 3.8) is 0 Å². The second-order valence-corrected chi connectivity index (χ2v) is 6.91. The molecule has 0 radical (unpaired) electrons. The van der Waals surface area contributed by atoms with Crippen molar-refractivity contribution in [3.8, 4) is 5.75 Å². The number of hydrogen-bond acceptors (Lipinski definition) is 6. The number of nitrogens with zero attached hydrogens (tertiary/aromatic N) is 2. The van der Waals surface area contributed by atoms with Crippen molar-refractivity contribution in [1.29, 1.82) is 0 Å². The largest absolute Gasteiger partial charge is 0.497 e. The zero-order chi connectivity index (χ0) is 19.2. The average Bonchev–Trinajstić information content (AvgIpc) is 2.93. The first kappa shape index (κ1) is 19.1. The molecule has 0 fully saturated rings. The molecule has 0 aliphatic carbocycles. The third kappa shape index (κ3) is 4.93. The Morgan fingerprint density at radius 2 is 2.07 bits per heavy atom. The number of aryl methyl sites for hydroxylation is 2. The molecule has 2 heterocycles.